The van der Waals surface area contributed by atoms with E-state index in [2.05, 4.69) is 90.8 Å². The first-order valence-electron chi connectivity index (χ1n) is 13.8. The zero-order valence-corrected chi connectivity index (χ0v) is 25.2. The van der Waals surface area contributed by atoms with Gasteiger partial charge >= 0.3 is 0 Å². The van der Waals surface area contributed by atoms with Crippen LogP contribution >= 0.6 is 11.8 Å². The minimum absolute atomic E-state index is 0.307. The maximum absolute atomic E-state index is 10.1. The van der Waals surface area contributed by atoms with Gasteiger partial charge in [-0.15, -0.1) is 11.8 Å². The number of hydrogen-bond donors (Lipinski definition) is 3. The first kappa shape index (κ1) is 30.9. The van der Waals surface area contributed by atoms with Gasteiger partial charge < -0.3 is 30.1 Å². The first-order chi connectivity index (χ1) is 18.8. The number of aryl methyl sites for hydroxylation is 1. The summed E-state index contributed by atoms with van der Waals surface area (Å²) < 4.78 is 10.6. The molecule has 7 heteroatoms. The van der Waals surface area contributed by atoms with Crippen LogP contribution in [0.5, 0.6) is 5.75 Å². The zero-order valence-electron chi connectivity index (χ0n) is 24.3. The fraction of sp³-hybridized carbons (Fsp3) is 0.500. The van der Waals surface area contributed by atoms with Crippen LogP contribution in [-0.2, 0) is 4.74 Å². The van der Waals surface area contributed by atoms with Gasteiger partial charge in [0, 0.05) is 54.5 Å². The van der Waals surface area contributed by atoms with Crippen LogP contribution in [-0.4, -0.2) is 75.4 Å². The Labute approximate surface area is 239 Å². The number of allylic oxidation sites excluding steroid dienone is 1. The van der Waals surface area contributed by atoms with Crippen molar-refractivity contribution >= 4 is 29.2 Å². The highest BCUT2D eigenvalue weighted by Gasteiger charge is 2.21. The van der Waals surface area contributed by atoms with E-state index in [1.54, 1.807) is 26.0 Å². The van der Waals surface area contributed by atoms with E-state index in [0.717, 1.165) is 48.6 Å². The number of β-amino-alcohol motifs (C(OH)–C–C–N with tert-alkyl or cyclic N) is 1. The minimum Gasteiger partial charge on any atom is -0.495 e. The van der Waals surface area contributed by atoms with Crippen molar-refractivity contribution in [2.24, 2.45) is 5.92 Å². The van der Waals surface area contributed by atoms with Gasteiger partial charge in [0.1, 0.15) is 5.75 Å². The van der Waals surface area contributed by atoms with E-state index in [9.17, 15) is 5.11 Å². The average Bonchev–Trinajstić information content (AvgIpc) is 2.92. The highest BCUT2D eigenvalue weighted by atomic mass is 32.2. The molecule has 3 rings (SSSR count). The molecule has 0 spiro atoms. The Morgan fingerprint density at radius 3 is 2.62 bits per heavy atom. The number of aliphatic hydroxyl groups excluding tert-OH is 1. The lowest BCUT2D eigenvalue weighted by Crippen LogP contribution is -2.43. The summed E-state index contributed by atoms with van der Waals surface area (Å²) in [5, 5.41) is 17.3. The summed E-state index contributed by atoms with van der Waals surface area (Å²) in [6.45, 7) is 10.1. The van der Waals surface area contributed by atoms with Crippen LogP contribution in [0.15, 0.2) is 46.9 Å². The number of rotatable bonds is 12. The van der Waals surface area contributed by atoms with Crippen LogP contribution in [0, 0.1) is 24.7 Å². The molecule has 3 N–H and O–H groups in total. The third-order valence-corrected chi connectivity index (χ3v) is 7.75. The molecule has 212 valence electrons. The van der Waals surface area contributed by atoms with Gasteiger partial charge in [-0.3, -0.25) is 0 Å². The van der Waals surface area contributed by atoms with Gasteiger partial charge in [0.15, 0.2) is 0 Å². The van der Waals surface area contributed by atoms with E-state index in [1.165, 1.54) is 16.0 Å². The van der Waals surface area contributed by atoms with Crippen LogP contribution < -0.4 is 15.4 Å². The number of ether oxygens (including phenoxy) is 2. The quantitative estimate of drug-likeness (QED) is 0.229. The van der Waals surface area contributed by atoms with Crippen molar-refractivity contribution in [3.63, 3.8) is 0 Å². The molecule has 1 unspecified atom stereocenters. The van der Waals surface area contributed by atoms with Crippen LogP contribution in [0.4, 0.5) is 11.4 Å². The van der Waals surface area contributed by atoms with Crippen molar-refractivity contribution in [3.05, 3.63) is 53.1 Å². The molecule has 0 amide bonds. The molecule has 1 saturated heterocycles. The van der Waals surface area contributed by atoms with E-state index in [-0.39, 0.29) is 0 Å². The topological polar surface area (TPSA) is 66.0 Å². The van der Waals surface area contributed by atoms with Gasteiger partial charge in [0.2, 0.25) is 0 Å². The van der Waals surface area contributed by atoms with Crippen molar-refractivity contribution in [3.8, 4) is 17.6 Å². The molecule has 0 aromatic heterocycles. The van der Waals surface area contributed by atoms with Crippen molar-refractivity contribution in [2.45, 2.75) is 50.7 Å². The molecule has 1 aliphatic heterocycles. The van der Waals surface area contributed by atoms with E-state index >= 15 is 0 Å². The Morgan fingerprint density at radius 2 is 1.95 bits per heavy atom. The largest absolute Gasteiger partial charge is 0.495 e. The molecule has 2 aromatic rings. The molecule has 1 fully saturated rings. The van der Waals surface area contributed by atoms with Gasteiger partial charge in [-0.2, -0.15) is 0 Å². The fourth-order valence-corrected chi connectivity index (χ4v) is 5.20. The number of anilines is 2. The third kappa shape index (κ3) is 9.51. The molecule has 1 aliphatic rings. The van der Waals surface area contributed by atoms with Crippen LogP contribution in [0.1, 0.15) is 37.8 Å². The highest BCUT2D eigenvalue weighted by molar-refractivity contribution is 7.98. The molecular formula is C32H45N3O3S. The monoisotopic (exact) mass is 551 g/mol. The van der Waals surface area contributed by atoms with Crippen molar-refractivity contribution in [1.29, 1.82) is 0 Å². The Kier molecular flexibility index (Phi) is 12.5. The van der Waals surface area contributed by atoms with Crippen LogP contribution in [0.2, 0.25) is 0 Å². The summed E-state index contributed by atoms with van der Waals surface area (Å²) in [5.74, 6) is 7.89. The number of nitrogens with zero attached hydrogens (tertiary/aromatic N) is 1. The molecule has 1 atom stereocenters. The van der Waals surface area contributed by atoms with Gasteiger partial charge in [-0.05, 0) is 67.8 Å². The maximum atomic E-state index is 10.1. The molecule has 0 saturated carbocycles. The summed E-state index contributed by atoms with van der Waals surface area (Å²) >= 11 is 1.71. The average molecular weight is 552 g/mol. The smallest absolute Gasteiger partial charge is 0.142 e. The zero-order chi connectivity index (χ0) is 28.2. The SMILES string of the molecule is COCC(O)CN1CCC(Nc2cccc(C)c2/C=C(/C#CCNc2cc(SC)ccc2OC)C(C)C)CC1. The van der Waals surface area contributed by atoms with E-state index in [0.29, 0.717) is 31.7 Å². The number of nitrogens with one attached hydrogen (secondary N) is 2. The van der Waals surface area contributed by atoms with Crippen molar-refractivity contribution < 1.29 is 14.6 Å². The summed E-state index contributed by atoms with van der Waals surface area (Å²) in [6, 6.07) is 13.0. The summed E-state index contributed by atoms with van der Waals surface area (Å²) in [4.78, 5) is 3.51. The predicted octanol–water partition coefficient (Wildman–Crippen LogP) is 5.76. The third-order valence-electron chi connectivity index (χ3n) is 7.03. The summed E-state index contributed by atoms with van der Waals surface area (Å²) in [6.07, 6.45) is 5.97. The molecule has 0 radical (unpaired) electrons. The Balaban J connectivity index is 1.69. The number of likely N-dealkylation sites (tertiary alicyclic amines) is 1. The van der Waals surface area contributed by atoms with Crippen molar-refractivity contribution in [1.82, 2.24) is 4.90 Å². The molecule has 6 nitrogen and oxygen atoms in total. The normalized spacial score (nSPS) is 15.5. The van der Waals surface area contributed by atoms with Crippen LogP contribution in [0.3, 0.4) is 0 Å². The minimum atomic E-state index is -0.429. The van der Waals surface area contributed by atoms with Gasteiger partial charge in [0.05, 0.1) is 32.1 Å². The number of methoxy groups -OCH3 is 2. The number of hydrogen-bond acceptors (Lipinski definition) is 7. The second kappa shape index (κ2) is 15.8. The lowest BCUT2D eigenvalue weighted by molar-refractivity contribution is 0.0327. The van der Waals surface area contributed by atoms with Gasteiger partial charge in [-0.1, -0.05) is 37.8 Å². The fourth-order valence-electron chi connectivity index (χ4n) is 4.76. The summed E-state index contributed by atoms with van der Waals surface area (Å²) in [7, 11) is 3.32. The molecule has 39 heavy (non-hydrogen) atoms. The second-order valence-electron chi connectivity index (χ2n) is 10.3. The van der Waals surface area contributed by atoms with E-state index in [1.807, 2.05) is 6.07 Å². The first-order valence-corrected chi connectivity index (χ1v) is 15.0. The Bertz CT molecular complexity index is 1150. The molecular weight excluding hydrogens is 506 g/mol. The molecule has 0 aliphatic carbocycles. The lowest BCUT2D eigenvalue weighted by atomic mass is 9.96. The number of thioether (sulfide) groups is 1. The number of piperidine rings is 1. The molecule has 0 bridgehead atoms. The molecule has 2 aromatic carbocycles. The number of benzene rings is 2. The van der Waals surface area contributed by atoms with Gasteiger partial charge in [0.25, 0.3) is 0 Å². The predicted molar refractivity (Wildman–Crippen MR) is 166 cm³/mol. The van der Waals surface area contributed by atoms with Crippen molar-refractivity contribution in [2.75, 3.05) is 63.9 Å². The van der Waals surface area contributed by atoms with E-state index in [4.69, 9.17) is 9.47 Å². The maximum Gasteiger partial charge on any atom is 0.142 e. The highest BCUT2D eigenvalue weighted by Crippen LogP contribution is 2.29. The lowest BCUT2D eigenvalue weighted by Gasteiger charge is -2.34. The Morgan fingerprint density at radius 1 is 1.18 bits per heavy atom. The van der Waals surface area contributed by atoms with E-state index < -0.39 is 6.10 Å². The number of aliphatic hydroxyl groups is 1. The standard InChI is InChI=1S/C32H45N3O3S/c1-23(2)25(10-8-16-33-31-20-28(39-6)12-13-32(31)38-5)19-29-24(3)9-7-11-30(29)34-26-14-17-35(18-15-26)21-27(36)22-37-4/h7,9,11-13,19-20,23,26-27,33-34,36H,14-18,21-22H2,1-6H3/b25-19-. The summed E-state index contributed by atoms with van der Waals surface area (Å²) in [5.41, 5.74) is 5.66. The Hall–Kier alpha value is -2.63. The molecule has 1 heterocycles. The van der Waals surface area contributed by atoms with Crippen LogP contribution in [0.25, 0.3) is 6.08 Å². The second-order valence-corrected chi connectivity index (χ2v) is 11.2. The van der Waals surface area contributed by atoms with Gasteiger partial charge in [-0.25, -0.2) is 0 Å².